The minimum atomic E-state index is -0.262. The number of ether oxygens (including phenoxy) is 2. The van der Waals surface area contributed by atoms with E-state index in [1.54, 1.807) is 23.1 Å². The van der Waals surface area contributed by atoms with Gasteiger partial charge in [-0.1, -0.05) is 66.8 Å². The van der Waals surface area contributed by atoms with Crippen molar-refractivity contribution in [2.75, 3.05) is 23.9 Å². The van der Waals surface area contributed by atoms with Crippen molar-refractivity contribution in [3.63, 3.8) is 0 Å². The molecule has 0 aliphatic carbocycles. The number of methoxy groups -OCH3 is 1. The Morgan fingerprint density at radius 3 is 2.34 bits per heavy atom. The molecule has 3 aromatic carbocycles. The van der Waals surface area contributed by atoms with Crippen molar-refractivity contribution in [1.82, 2.24) is 0 Å². The maximum atomic E-state index is 13.1. The second-order valence-electron chi connectivity index (χ2n) is 9.06. The van der Waals surface area contributed by atoms with Crippen LogP contribution in [0.5, 0.6) is 11.5 Å². The van der Waals surface area contributed by atoms with E-state index in [4.69, 9.17) is 21.7 Å². The summed E-state index contributed by atoms with van der Waals surface area (Å²) in [6.07, 6.45) is 2.71. The van der Waals surface area contributed by atoms with Crippen molar-refractivity contribution in [2.45, 2.75) is 34.1 Å². The van der Waals surface area contributed by atoms with Gasteiger partial charge >= 0.3 is 0 Å². The normalized spacial score (nSPS) is 14.2. The number of aryl methyl sites for hydroxylation is 4. The van der Waals surface area contributed by atoms with Gasteiger partial charge in [-0.25, -0.2) is 0 Å². The van der Waals surface area contributed by atoms with E-state index >= 15 is 0 Å². The van der Waals surface area contributed by atoms with Crippen LogP contribution in [0.25, 0.3) is 6.08 Å². The van der Waals surface area contributed by atoms with Crippen molar-refractivity contribution < 1.29 is 19.1 Å². The standard InChI is InChI=1S/C30H30N2O4S2/c1-6-21-7-10-23(11-8-21)32-29(34)26(38-30(32)37)16-22-9-12-24(25(15-22)35-5)36-17-27(33)31-28-19(3)13-18(2)14-20(28)4/h7-16H,6,17H2,1-5H3,(H,31,33)/b26-16-. The van der Waals surface area contributed by atoms with Crippen LogP contribution in [0.15, 0.2) is 59.5 Å². The first-order valence-electron chi connectivity index (χ1n) is 12.3. The highest BCUT2D eigenvalue weighted by atomic mass is 32.2. The minimum Gasteiger partial charge on any atom is -0.493 e. The van der Waals surface area contributed by atoms with E-state index in [1.165, 1.54) is 24.4 Å². The largest absolute Gasteiger partial charge is 0.493 e. The van der Waals surface area contributed by atoms with Crippen LogP contribution in [-0.2, 0) is 16.0 Å². The minimum absolute atomic E-state index is 0.165. The van der Waals surface area contributed by atoms with Gasteiger partial charge in [0.1, 0.15) is 0 Å². The first-order valence-corrected chi connectivity index (χ1v) is 13.5. The lowest BCUT2D eigenvalue weighted by atomic mass is 10.1. The molecule has 1 aliphatic rings. The van der Waals surface area contributed by atoms with Crippen LogP contribution in [0.1, 0.15) is 34.7 Å². The fraction of sp³-hybridized carbons (Fsp3) is 0.233. The number of carbonyl (C=O) groups excluding carboxylic acids is 2. The number of hydrogen-bond donors (Lipinski definition) is 1. The monoisotopic (exact) mass is 546 g/mol. The number of thioether (sulfide) groups is 1. The molecule has 8 heteroatoms. The van der Waals surface area contributed by atoms with Crippen molar-refractivity contribution >= 4 is 57.6 Å². The van der Waals surface area contributed by atoms with E-state index in [-0.39, 0.29) is 18.4 Å². The molecule has 0 spiro atoms. The summed E-state index contributed by atoms with van der Waals surface area (Å²) in [6.45, 7) is 7.88. The number of anilines is 2. The Hall–Kier alpha value is -3.62. The molecule has 2 amide bonds. The zero-order chi connectivity index (χ0) is 27.4. The molecule has 1 heterocycles. The highest BCUT2D eigenvalue weighted by molar-refractivity contribution is 8.27. The zero-order valence-electron chi connectivity index (χ0n) is 22.1. The van der Waals surface area contributed by atoms with E-state index in [0.29, 0.717) is 20.7 Å². The maximum Gasteiger partial charge on any atom is 0.270 e. The second-order valence-corrected chi connectivity index (χ2v) is 10.7. The van der Waals surface area contributed by atoms with Gasteiger partial charge in [0.25, 0.3) is 11.8 Å². The molecular formula is C30H30N2O4S2. The smallest absolute Gasteiger partial charge is 0.270 e. The molecule has 1 saturated heterocycles. The zero-order valence-corrected chi connectivity index (χ0v) is 23.7. The highest BCUT2D eigenvalue weighted by Crippen LogP contribution is 2.37. The Balaban J connectivity index is 1.45. The summed E-state index contributed by atoms with van der Waals surface area (Å²) in [5, 5.41) is 2.93. The molecule has 38 heavy (non-hydrogen) atoms. The molecule has 1 aliphatic heterocycles. The van der Waals surface area contributed by atoms with Gasteiger partial charge in [0, 0.05) is 5.69 Å². The highest BCUT2D eigenvalue weighted by Gasteiger charge is 2.33. The predicted molar refractivity (Wildman–Crippen MR) is 159 cm³/mol. The lowest BCUT2D eigenvalue weighted by molar-refractivity contribution is -0.118. The Labute approximate surface area is 233 Å². The summed E-state index contributed by atoms with van der Waals surface area (Å²) in [5.41, 5.74) is 6.65. The molecule has 1 N–H and O–H groups in total. The Morgan fingerprint density at radius 2 is 1.71 bits per heavy atom. The van der Waals surface area contributed by atoms with Gasteiger partial charge in [0.2, 0.25) is 0 Å². The van der Waals surface area contributed by atoms with Gasteiger partial charge < -0.3 is 14.8 Å². The lowest BCUT2D eigenvalue weighted by Gasteiger charge is -2.15. The first kappa shape index (κ1) is 27.4. The number of nitrogens with one attached hydrogen (secondary N) is 1. The summed E-state index contributed by atoms with van der Waals surface area (Å²) in [5.74, 6) is 0.462. The fourth-order valence-corrected chi connectivity index (χ4v) is 5.61. The van der Waals surface area contributed by atoms with Gasteiger partial charge in [-0.05, 0) is 79.8 Å². The van der Waals surface area contributed by atoms with Gasteiger partial charge in [-0.3, -0.25) is 14.5 Å². The molecule has 0 aromatic heterocycles. The van der Waals surface area contributed by atoms with Crippen LogP contribution in [0.2, 0.25) is 0 Å². The average Bonchev–Trinajstić information content (AvgIpc) is 3.17. The average molecular weight is 547 g/mol. The van der Waals surface area contributed by atoms with Crippen molar-refractivity contribution in [3.8, 4) is 11.5 Å². The molecule has 3 aromatic rings. The van der Waals surface area contributed by atoms with E-state index in [2.05, 4.69) is 12.2 Å². The van der Waals surface area contributed by atoms with E-state index < -0.39 is 0 Å². The summed E-state index contributed by atoms with van der Waals surface area (Å²) < 4.78 is 11.8. The molecule has 0 unspecified atom stereocenters. The van der Waals surface area contributed by atoms with Gasteiger partial charge in [-0.2, -0.15) is 0 Å². The molecule has 0 radical (unpaired) electrons. The maximum absolute atomic E-state index is 13.1. The van der Waals surface area contributed by atoms with Crippen LogP contribution in [-0.4, -0.2) is 29.9 Å². The van der Waals surface area contributed by atoms with Crippen molar-refractivity contribution in [2.24, 2.45) is 0 Å². The van der Waals surface area contributed by atoms with Crippen LogP contribution < -0.4 is 19.7 Å². The molecule has 6 nitrogen and oxygen atoms in total. The number of benzene rings is 3. The van der Waals surface area contributed by atoms with Crippen LogP contribution in [0.4, 0.5) is 11.4 Å². The summed E-state index contributed by atoms with van der Waals surface area (Å²) in [7, 11) is 1.53. The first-order chi connectivity index (χ1) is 18.2. The number of rotatable bonds is 8. The molecule has 4 rings (SSSR count). The SMILES string of the molecule is CCc1ccc(N2C(=O)/C(=C/c3ccc(OCC(=O)Nc4c(C)cc(C)cc4C)c(OC)c3)SC2=S)cc1. The number of nitrogens with zero attached hydrogens (tertiary/aromatic N) is 1. The molecule has 1 fully saturated rings. The summed E-state index contributed by atoms with van der Waals surface area (Å²) in [4.78, 5) is 27.8. The summed E-state index contributed by atoms with van der Waals surface area (Å²) >= 11 is 6.76. The van der Waals surface area contributed by atoms with Gasteiger partial charge in [0.15, 0.2) is 22.4 Å². The van der Waals surface area contributed by atoms with Gasteiger partial charge in [0.05, 0.1) is 17.7 Å². The number of carbonyl (C=O) groups is 2. The van der Waals surface area contributed by atoms with Crippen LogP contribution >= 0.6 is 24.0 Å². The van der Waals surface area contributed by atoms with E-state index in [0.717, 1.165) is 40.0 Å². The topological polar surface area (TPSA) is 67.9 Å². The molecule has 196 valence electrons. The third-order valence-electron chi connectivity index (χ3n) is 6.18. The number of thiocarbonyl (C=S) groups is 1. The molecule has 0 atom stereocenters. The van der Waals surface area contributed by atoms with Crippen molar-refractivity contribution in [1.29, 1.82) is 0 Å². The molecular weight excluding hydrogens is 516 g/mol. The summed E-state index contributed by atoms with van der Waals surface area (Å²) in [6, 6.07) is 17.2. The number of amides is 2. The quantitative estimate of drug-likeness (QED) is 0.253. The predicted octanol–water partition coefficient (Wildman–Crippen LogP) is 6.61. The lowest BCUT2D eigenvalue weighted by Crippen LogP contribution is -2.27. The molecule has 0 saturated carbocycles. The Bertz CT molecular complexity index is 1410. The third kappa shape index (κ3) is 6.09. The van der Waals surface area contributed by atoms with Crippen molar-refractivity contribution in [3.05, 3.63) is 87.3 Å². The molecule has 0 bridgehead atoms. The third-order valence-corrected chi connectivity index (χ3v) is 7.48. The van der Waals surface area contributed by atoms with Crippen LogP contribution in [0.3, 0.4) is 0 Å². The van der Waals surface area contributed by atoms with Crippen LogP contribution in [0, 0.1) is 20.8 Å². The van der Waals surface area contributed by atoms with E-state index in [9.17, 15) is 9.59 Å². The Kier molecular flexibility index (Phi) is 8.54. The number of hydrogen-bond acceptors (Lipinski definition) is 6. The van der Waals surface area contributed by atoms with E-state index in [1.807, 2.05) is 63.2 Å². The van der Waals surface area contributed by atoms with Gasteiger partial charge in [-0.15, -0.1) is 0 Å². The Morgan fingerprint density at radius 1 is 1.03 bits per heavy atom. The fourth-order valence-electron chi connectivity index (χ4n) is 4.31. The second kappa shape index (κ2) is 11.8.